The zero-order chi connectivity index (χ0) is 16.2. The lowest BCUT2D eigenvalue weighted by Gasteiger charge is -2.20. The molecule has 22 heavy (non-hydrogen) atoms. The van der Waals surface area contributed by atoms with E-state index in [4.69, 9.17) is 0 Å². The van der Waals surface area contributed by atoms with Crippen molar-refractivity contribution in [2.24, 2.45) is 0 Å². The van der Waals surface area contributed by atoms with Gasteiger partial charge in [-0.3, -0.25) is 9.80 Å². The van der Waals surface area contributed by atoms with E-state index in [1.54, 1.807) is 0 Å². The summed E-state index contributed by atoms with van der Waals surface area (Å²) < 4.78 is 0. The Kier molecular flexibility index (Phi) is 8.89. The van der Waals surface area contributed by atoms with Gasteiger partial charge in [-0.05, 0) is 11.1 Å². The summed E-state index contributed by atoms with van der Waals surface area (Å²) in [5, 5.41) is 0. The molecule has 118 valence electrons. The van der Waals surface area contributed by atoms with Crippen molar-refractivity contribution in [3.63, 3.8) is 0 Å². The first-order valence-corrected chi connectivity index (χ1v) is 7.69. The van der Waals surface area contributed by atoms with E-state index in [2.05, 4.69) is 60.4 Å². The van der Waals surface area contributed by atoms with Gasteiger partial charge in [-0.2, -0.15) is 0 Å². The predicted octanol–water partition coefficient (Wildman–Crippen LogP) is 4.03. The molecule has 0 spiro atoms. The van der Waals surface area contributed by atoms with E-state index in [0.29, 0.717) is 0 Å². The summed E-state index contributed by atoms with van der Waals surface area (Å²) >= 11 is 0. The van der Waals surface area contributed by atoms with Crippen LogP contribution >= 0.6 is 0 Å². The quantitative estimate of drug-likeness (QED) is 0.537. The third-order valence-corrected chi connectivity index (χ3v) is 3.38. The molecule has 0 heterocycles. The van der Waals surface area contributed by atoms with Crippen molar-refractivity contribution in [2.45, 2.75) is 13.1 Å². The largest absolute Gasteiger partial charge is 0.292 e. The second kappa shape index (κ2) is 10.8. The molecular weight excluding hydrogens is 268 g/mol. The number of benzene rings is 1. The minimum Gasteiger partial charge on any atom is -0.292 e. The number of rotatable bonds is 12. The van der Waals surface area contributed by atoms with Crippen molar-refractivity contribution >= 4 is 0 Å². The summed E-state index contributed by atoms with van der Waals surface area (Å²) in [6, 6.07) is 8.81. The topological polar surface area (TPSA) is 6.48 Å². The highest BCUT2D eigenvalue weighted by molar-refractivity contribution is 5.22. The summed E-state index contributed by atoms with van der Waals surface area (Å²) in [5.74, 6) is 0. The van der Waals surface area contributed by atoms with Crippen LogP contribution in [0.4, 0.5) is 0 Å². The lowest BCUT2D eigenvalue weighted by atomic mass is 10.1. The molecule has 0 saturated heterocycles. The molecule has 0 atom stereocenters. The van der Waals surface area contributed by atoms with Crippen molar-refractivity contribution in [1.29, 1.82) is 0 Å². The maximum atomic E-state index is 3.81. The highest BCUT2D eigenvalue weighted by Gasteiger charge is 2.05. The molecule has 0 unspecified atom stereocenters. The Morgan fingerprint density at radius 3 is 1.09 bits per heavy atom. The molecule has 0 aliphatic heterocycles. The van der Waals surface area contributed by atoms with Crippen LogP contribution in [0.15, 0.2) is 74.9 Å². The fraction of sp³-hybridized carbons (Fsp3) is 0.300. The lowest BCUT2D eigenvalue weighted by Crippen LogP contribution is -2.24. The highest BCUT2D eigenvalue weighted by atomic mass is 15.1. The Labute approximate surface area is 135 Å². The van der Waals surface area contributed by atoms with Gasteiger partial charge in [-0.25, -0.2) is 0 Å². The van der Waals surface area contributed by atoms with Crippen LogP contribution in [0.5, 0.6) is 0 Å². The molecule has 0 saturated carbocycles. The van der Waals surface area contributed by atoms with Gasteiger partial charge in [-0.1, -0.05) is 48.6 Å². The third kappa shape index (κ3) is 6.70. The van der Waals surface area contributed by atoms with Gasteiger partial charge in [0.15, 0.2) is 0 Å². The zero-order valence-electron chi connectivity index (χ0n) is 13.6. The highest BCUT2D eigenvalue weighted by Crippen LogP contribution is 2.10. The van der Waals surface area contributed by atoms with E-state index in [-0.39, 0.29) is 0 Å². The van der Waals surface area contributed by atoms with Gasteiger partial charge >= 0.3 is 0 Å². The Bertz CT molecular complexity index is 408. The normalized spacial score (nSPS) is 10.6. The van der Waals surface area contributed by atoms with Crippen molar-refractivity contribution < 1.29 is 0 Å². The first kappa shape index (κ1) is 18.1. The number of hydrogen-bond donors (Lipinski definition) is 0. The Morgan fingerprint density at radius 2 is 0.864 bits per heavy atom. The van der Waals surface area contributed by atoms with Crippen molar-refractivity contribution in [3.8, 4) is 0 Å². The summed E-state index contributed by atoms with van der Waals surface area (Å²) in [6.45, 7) is 20.6. The van der Waals surface area contributed by atoms with Crippen molar-refractivity contribution in [2.75, 3.05) is 26.2 Å². The fourth-order valence-corrected chi connectivity index (χ4v) is 2.40. The van der Waals surface area contributed by atoms with Gasteiger partial charge in [0.1, 0.15) is 0 Å². The predicted molar refractivity (Wildman–Crippen MR) is 97.8 cm³/mol. The maximum Gasteiger partial charge on any atom is 0.0240 e. The first-order valence-electron chi connectivity index (χ1n) is 7.69. The third-order valence-electron chi connectivity index (χ3n) is 3.38. The molecule has 0 bridgehead atoms. The molecule has 1 aromatic carbocycles. The van der Waals surface area contributed by atoms with Crippen LogP contribution in [0.25, 0.3) is 0 Å². The molecule has 0 aromatic heterocycles. The Balaban J connectivity index is 2.64. The molecular formula is C20H28N2. The molecule has 0 radical (unpaired) electrons. The van der Waals surface area contributed by atoms with E-state index < -0.39 is 0 Å². The molecule has 0 aliphatic rings. The average molecular weight is 296 g/mol. The van der Waals surface area contributed by atoms with Crippen molar-refractivity contribution in [1.82, 2.24) is 9.80 Å². The van der Waals surface area contributed by atoms with Gasteiger partial charge in [-0.15, -0.1) is 26.3 Å². The van der Waals surface area contributed by atoms with E-state index in [0.717, 1.165) is 39.3 Å². The van der Waals surface area contributed by atoms with Gasteiger partial charge in [0, 0.05) is 39.3 Å². The van der Waals surface area contributed by atoms with Crippen LogP contribution in [-0.4, -0.2) is 36.0 Å². The number of hydrogen-bond acceptors (Lipinski definition) is 2. The van der Waals surface area contributed by atoms with Gasteiger partial charge in [0.2, 0.25) is 0 Å². The summed E-state index contributed by atoms with van der Waals surface area (Å²) in [5.41, 5.74) is 2.62. The average Bonchev–Trinajstić information content (AvgIpc) is 2.50. The molecule has 0 amide bonds. The molecule has 1 aromatic rings. The summed E-state index contributed by atoms with van der Waals surface area (Å²) in [6.07, 6.45) is 7.72. The van der Waals surface area contributed by atoms with Crippen LogP contribution < -0.4 is 0 Å². The molecule has 0 N–H and O–H groups in total. The Morgan fingerprint density at radius 1 is 0.591 bits per heavy atom. The van der Waals surface area contributed by atoms with E-state index >= 15 is 0 Å². The van der Waals surface area contributed by atoms with E-state index in [9.17, 15) is 0 Å². The zero-order valence-corrected chi connectivity index (χ0v) is 13.6. The molecule has 0 aliphatic carbocycles. The smallest absolute Gasteiger partial charge is 0.0240 e. The SMILES string of the molecule is C=CCN(CC=C)Cc1ccc(CN(CC=C)CC=C)cc1. The lowest BCUT2D eigenvalue weighted by molar-refractivity contribution is 0.325. The van der Waals surface area contributed by atoms with Crippen LogP contribution in [0.2, 0.25) is 0 Å². The minimum absolute atomic E-state index is 0.875. The Hall–Kier alpha value is -1.90. The first-order chi connectivity index (χ1) is 10.7. The molecule has 0 fully saturated rings. The van der Waals surface area contributed by atoms with E-state index in [1.807, 2.05) is 24.3 Å². The van der Waals surface area contributed by atoms with Crippen LogP contribution in [-0.2, 0) is 13.1 Å². The standard InChI is InChI=1S/C20H28N2/c1-5-13-21(14-6-2)17-19-9-11-20(12-10-19)18-22(15-7-3)16-8-4/h5-12H,1-4,13-18H2. The van der Waals surface area contributed by atoms with Gasteiger partial charge in [0.05, 0.1) is 0 Å². The van der Waals surface area contributed by atoms with Crippen LogP contribution in [0, 0.1) is 0 Å². The summed E-state index contributed by atoms with van der Waals surface area (Å²) in [7, 11) is 0. The van der Waals surface area contributed by atoms with Crippen LogP contribution in [0.3, 0.4) is 0 Å². The molecule has 1 rings (SSSR count). The van der Waals surface area contributed by atoms with Gasteiger partial charge in [0.25, 0.3) is 0 Å². The maximum absolute atomic E-state index is 3.81. The molecule has 2 nitrogen and oxygen atoms in total. The monoisotopic (exact) mass is 296 g/mol. The second-order valence-electron chi connectivity index (χ2n) is 5.36. The van der Waals surface area contributed by atoms with Crippen molar-refractivity contribution in [3.05, 3.63) is 86.0 Å². The molecule has 2 heteroatoms. The summed E-state index contributed by atoms with van der Waals surface area (Å²) in [4.78, 5) is 4.60. The second-order valence-corrected chi connectivity index (χ2v) is 5.36. The fourth-order valence-electron chi connectivity index (χ4n) is 2.40. The minimum atomic E-state index is 0.875. The van der Waals surface area contributed by atoms with Crippen LogP contribution in [0.1, 0.15) is 11.1 Å². The van der Waals surface area contributed by atoms with E-state index in [1.165, 1.54) is 11.1 Å². The number of nitrogens with zero attached hydrogens (tertiary/aromatic N) is 2. The van der Waals surface area contributed by atoms with Gasteiger partial charge < -0.3 is 0 Å².